The fraction of sp³-hybridized carbons (Fsp3) is 0.217. The second-order valence-electron chi connectivity index (χ2n) is 6.95. The van der Waals surface area contributed by atoms with Gasteiger partial charge in [0, 0.05) is 23.5 Å². The Morgan fingerprint density at radius 3 is 2.66 bits per heavy atom. The minimum atomic E-state index is -0.0474. The van der Waals surface area contributed by atoms with Crippen molar-refractivity contribution in [3.63, 3.8) is 0 Å². The van der Waals surface area contributed by atoms with Gasteiger partial charge in [0.15, 0.2) is 0 Å². The first-order valence-electron chi connectivity index (χ1n) is 9.53. The fourth-order valence-electron chi connectivity index (χ4n) is 3.35. The second kappa shape index (κ2) is 8.57. The van der Waals surface area contributed by atoms with Crippen LogP contribution in [-0.2, 0) is 16.1 Å². The van der Waals surface area contributed by atoms with Gasteiger partial charge in [-0.2, -0.15) is 0 Å². The first-order valence-corrected chi connectivity index (χ1v) is 10.5. The molecule has 0 atom stereocenters. The highest BCUT2D eigenvalue weighted by atomic mass is 32.2. The minimum Gasteiger partial charge on any atom is -0.467 e. The van der Waals surface area contributed by atoms with Crippen LogP contribution in [0.1, 0.15) is 17.7 Å². The Bertz CT molecular complexity index is 999. The molecule has 148 valence electrons. The number of nitrogens with zero attached hydrogens (tertiary/aromatic N) is 2. The molecule has 0 saturated heterocycles. The van der Waals surface area contributed by atoms with Crippen molar-refractivity contribution in [2.45, 2.75) is 24.8 Å². The Morgan fingerprint density at radius 1 is 1.10 bits per heavy atom. The highest BCUT2D eigenvalue weighted by Gasteiger charge is 2.26. The predicted octanol–water partition coefficient (Wildman–Crippen LogP) is 4.65. The second-order valence-corrected chi connectivity index (χ2v) is 7.96. The van der Waals surface area contributed by atoms with E-state index in [1.165, 1.54) is 0 Å². The molecule has 0 saturated carbocycles. The molecule has 29 heavy (non-hydrogen) atoms. The predicted molar refractivity (Wildman–Crippen MR) is 115 cm³/mol. The Labute approximate surface area is 174 Å². The summed E-state index contributed by atoms with van der Waals surface area (Å²) in [6.07, 6.45) is 1.84. The molecule has 1 aromatic heterocycles. The van der Waals surface area contributed by atoms with Crippen molar-refractivity contribution in [1.82, 2.24) is 0 Å². The van der Waals surface area contributed by atoms with Crippen LogP contribution in [0, 0.1) is 6.92 Å². The Hall–Kier alpha value is -2.99. The van der Waals surface area contributed by atoms with Gasteiger partial charge in [0.05, 0.1) is 24.2 Å². The van der Waals surface area contributed by atoms with Gasteiger partial charge in [-0.25, -0.2) is 0 Å². The van der Waals surface area contributed by atoms with E-state index >= 15 is 0 Å². The number of fused-ring (bicyclic) bond motifs is 1. The van der Waals surface area contributed by atoms with Crippen molar-refractivity contribution >= 4 is 35.0 Å². The van der Waals surface area contributed by atoms with Crippen LogP contribution in [0.15, 0.2) is 76.2 Å². The number of benzene rings is 2. The molecule has 3 aromatic rings. The molecule has 0 aliphatic carbocycles. The van der Waals surface area contributed by atoms with E-state index in [0.717, 1.165) is 27.6 Å². The van der Waals surface area contributed by atoms with Gasteiger partial charge in [0.1, 0.15) is 5.76 Å². The quantitative estimate of drug-likeness (QED) is 0.598. The van der Waals surface area contributed by atoms with E-state index in [2.05, 4.69) is 0 Å². The summed E-state index contributed by atoms with van der Waals surface area (Å²) in [6.45, 7) is 2.73. The molecule has 2 amide bonds. The third-order valence-corrected chi connectivity index (χ3v) is 5.95. The molecule has 1 aliphatic rings. The summed E-state index contributed by atoms with van der Waals surface area (Å²) >= 11 is 1.54. The van der Waals surface area contributed by atoms with Gasteiger partial charge < -0.3 is 14.2 Å². The van der Waals surface area contributed by atoms with Gasteiger partial charge in [-0.15, -0.1) is 11.8 Å². The molecule has 5 nitrogen and oxygen atoms in total. The van der Waals surface area contributed by atoms with E-state index in [1.54, 1.807) is 27.8 Å². The number of carbonyl (C=O) groups excluding carboxylic acids is 2. The Kier molecular flexibility index (Phi) is 5.71. The molecule has 0 unspecified atom stereocenters. The lowest BCUT2D eigenvalue weighted by atomic mass is 10.2. The van der Waals surface area contributed by atoms with Crippen LogP contribution in [0.2, 0.25) is 0 Å². The van der Waals surface area contributed by atoms with Gasteiger partial charge in [0.2, 0.25) is 11.8 Å². The van der Waals surface area contributed by atoms with E-state index in [1.807, 2.05) is 67.6 Å². The SMILES string of the molecule is Cc1ccc(N(Cc2ccco2)C(=O)CCN2C(=O)CSc3ccccc32)cc1. The monoisotopic (exact) mass is 406 g/mol. The number of furan rings is 1. The minimum absolute atomic E-state index is 0.0365. The van der Waals surface area contributed by atoms with Crippen LogP contribution in [0.4, 0.5) is 11.4 Å². The number of hydrogen-bond acceptors (Lipinski definition) is 4. The van der Waals surface area contributed by atoms with Crippen molar-refractivity contribution < 1.29 is 14.0 Å². The van der Waals surface area contributed by atoms with Gasteiger partial charge >= 0.3 is 0 Å². The van der Waals surface area contributed by atoms with Crippen LogP contribution in [0.5, 0.6) is 0 Å². The summed E-state index contributed by atoms with van der Waals surface area (Å²) in [7, 11) is 0. The molecule has 0 bridgehead atoms. The summed E-state index contributed by atoms with van der Waals surface area (Å²) in [5.41, 5.74) is 2.83. The Balaban J connectivity index is 1.52. The van der Waals surface area contributed by atoms with E-state index < -0.39 is 0 Å². The first kappa shape index (κ1) is 19.3. The molecular weight excluding hydrogens is 384 g/mol. The molecule has 0 spiro atoms. The number of rotatable bonds is 6. The summed E-state index contributed by atoms with van der Waals surface area (Å²) in [5.74, 6) is 1.11. The van der Waals surface area contributed by atoms with Gasteiger partial charge in [-0.3, -0.25) is 9.59 Å². The first-order chi connectivity index (χ1) is 14.1. The zero-order chi connectivity index (χ0) is 20.2. The summed E-state index contributed by atoms with van der Waals surface area (Å²) in [4.78, 5) is 30.1. The zero-order valence-electron chi connectivity index (χ0n) is 16.2. The lowest BCUT2D eigenvalue weighted by molar-refractivity contribution is -0.118. The zero-order valence-corrected chi connectivity index (χ0v) is 17.0. The summed E-state index contributed by atoms with van der Waals surface area (Å²) in [6, 6.07) is 19.3. The molecule has 2 aromatic carbocycles. The molecule has 0 radical (unpaired) electrons. The number of hydrogen-bond donors (Lipinski definition) is 0. The van der Waals surface area contributed by atoms with Crippen LogP contribution in [-0.4, -0.2) is 24.1 Å². The lowest BCUT2D eigenvalue weighted by Crippen LogP contribution is -2.39. The number of anilines is 2. The van der Waals surface area contributed by atoms with Crippen LogP contribution >= 0.6 is 11.8 Å². The average Bonchev–Trinajstić information content (AvgIpc) is 3.25. The van der Waals surface area contributed by atoms with Crippen molar-refractivity contribution in [1.29, 1.82) is 0 Å². The van der Waals surface area contributed by atoms with E-state index in [-0.39, 0.29) is 18.2 Å². The number of thioether (sulfide) groups is 1. The van der Waals surface area contributed by atoms with E-state index in [9.17, 15) is 9.59 Å². The molecule has 6 heteroatoms. The van der Waals surface area contributed by atoms with Gasteiger partial charge in [0.25, 0.3) is 0 Å². The third-order valence-electron chi connectivity index (χ3n) is 4.90. The molecule has 4 rings (SSSR count). The van der Waals surface area contributed by atoms with Crippen molar-refractivity contribution in [3.8, 4) is 0 Å². The maximum atomic E-state index is 13.2. The van der Waals surface area contributed by atoms with Gasteiger partial charge in [-0.1, -0.05) is 29.8 Å². The number of para-hydroxylation sites is 1. The molecule has 2 heterocycles. The highest BCUT2D eigenvalue weighted by molar-refractivity contribution is 8.00. The molecular formula is C23H22N2O3S. The van der Waals surface area contributed by atoms with Gasteiger partial charge in [-0.05, 0) is 43.3 Å². The number of aryl methyl sites for hydroxylation is 1. The topological polar surface area (TPSA) is 53.8 Å². The van der Waals surface area contributed by atoms with E-state index in [0.29, 0.717) is 18.8 Å². The van der Waals surface area contributed by atoms with E-state index in [4.69, 9.17) is 4.42 Å². The third kappa shape index (κ3) is 4.38. The fourth-order valence-corrected chi connectivity index (χ4v) is 4.28. The Morgan fingerprint density at radius 2 is 1.90 bits per heavy atom. The largest absolute Gasteiger partial charge is 0.467 e. The van der Waals surface area contributed by atoms with Crippen LogP contribution in [0.25, 0.3) is 0 Å². The van der Waals surface area contributed by atoms with Crippen molar-refractivity contribution in [2.24, 2.45) is 0 Å². The average molecular weight is 407 g/mol. The van der Waals surface area contributed by atoms with Crippen molar-refractivity contribution in [2.75, 3.05) is 22.1 Å². The standard InChI is InChI=1S/C23H22N2O3S/c1-17-8-10-18(11-9-17)25(15-19-5-4-14-28-19)22(26)12-13-24-20-6-2-3-7-21(20)29-16-23(24)27/h2-11,14H,12-13,15-16H2,1H3. The molecule has 0 N–H and O–H groups in total. The van der Waals surface area contributed by atoms with Crippen LogP contribution in [0.3, 0.4) is 0 Å². The maximum absolute atomic E-state index is 13.2. The summed E-state index contributed by atoms with van der Waals surface area (Å²) in [5, 5.41) is 0. The number of amides is 2. The lowest BCUT2D eigenvalue weighted by Gasteiger charge is -2.30. The van der Waals surface area contributed by atoms with Crippen LogP contribution < -0.4 is 9.80 Å². The smallest absolute Gasteiger partial charge is 0.237 e. The molecule has 0 fully saturated rings. The number of carbonyl (C=O) groups is 2. The summed E-state index contributed by atoms with van der Waals surface area (Å²) < 4.78 is 5.46. The highest BCUT2D eigenvalue weighted by Crippen LogP contribution is 2.35. The van der Waals surface area contributed by atoms with Crippen molar-refractivity contribution in [3.05, 3.63) is 78.3 Å². The normalized spacial score (nSPS) is 13.3. The maximum Gasteiger partial charge on any atom is 0.237 e. The molecule has 1 aliphatic heterocycles.